The van der Waals surface area contributed by atoms with Crippen LogP contribution in [-0.4, -0.2) is 30.8 Å². The van der Waals surface area contributed by atoms with Gasteiger partial charge in [-0.1, -0.05) is 37.0 Å². The first-order valence-electron chi connectivity index (χ1n) is 6.87. The maximum Gasteiger partial charge on any atom is 0.223 e. The summed E-state index contributed by atoms with van der Waals surface area (Å²) in [7, 11) is 0. The van der Waals surface area contributed by atoms with Gasteiger partial charge in [0.2, 0.25) is 5.91 Å². The predicted molar refractivity (Wildman–Crippen MR) is 84.7 cm³/mol. The van der Waals surface area contributed by atoms with E-state index in [-0.39, 0.29) is 12.3 Å². The summed E-state index contributed by atoms with van der Waals surface area (Å²) >= 11 is 11.7. The number of nitrogens with one attached hydrogen (secondary N) is 1. The molecule has 0 saturated carbocycles. The first-order valence-corrected chi connectivity index (χ1v) is 7.62. The van der Waals surface area contributed by atoms with Gasteiger partial charge in [0.15, 0.2) is 0 Å². The van der Waals surface area contributed by atoms with Crippen LogP contribution in [0.3, 0.4) is 0 Å². The number of hydrogen-bond donors (Lipinski definition) is 2. The van der Waals surface area contributed by atoms with Crippen molar-refractivity contribution in [2.75, 3.05) is 19.8 Å². The second-order valence-corrected chi connectivity index (χ2v) is 6.11. The molecular formula is C15H21Cl2NO3. The molecule has 1 atom stereocenters. The van der Waals surface area contributed by atoms with Crippen LogP contribution in [-0.2, 0) is 9.53 Å². The fourth-order valence-electron chi connectivity index (χ4n) is 1.71. The first kappa shape index (κ1) is 18.2. The van der Waals surface area contributed by atoms with E-state index in [1.54, 1.807) is 18.2 Å². The summed E-state index contributed by atoms with van der Waals surface area (Å²) in [5.41, 5.74) is 0.527. The zero-order chi connectivity index (χ0) is 15.8. The molecule has 1 amide bonds. The molecule has 6 heteroatoms. The number of rotatable bonds is 8. The van der Waals surface area contributed by atoms with E-state index in [2.05, 4.69) is 19.2 Å². The van der Waals surface area contributed by atoms with E-state index in [1.807, 2.05) is 0 Å². The highest BCUT2D eigenvalue weighted by molar-refractivity contribution is 6.34. The lowest BCUT2D eigenvalue weighted by atomic mass is 10.1. The lowest BCUT2D eigenvalue weighted by Gasteiger charge is -2.12. The second-order valence-electron chi connectivity index (χ2n) is 5.24. The molecule has 0 heterocycles. The lowest BCUT2D eigenvalue weighted by Crippen LogP contribution is -2.28. The van der Waals surface area contributed by atoms with Gasteiger partial charge in [0.05, 0.1) is 19.1 Å². The minimum absolute atomic E-state index is 0.0408. The molecule has 1 aromatic rings. The number of benzene rings is 1. The summed E-state index contributed by atoms with van der Waals surface area (Å²) < 4.78 is 5.35. The fraction of sp³-hybridized carbons (Fsp3) is 0.533. The molecule has 0 aliphatic carbocycles. The highest BCUT2D eigenvalue weighted by Gasteiger charge is 2.14. The normalized spacial score (nSPS) is 12.5. The van der Waals surface area contributed by atoms with Gasteiger partial charge in [0.25, 0.3) is 0 Å². The largest absolute Gasteiger partial charge is 0.388 e. The standard InChI is InChI=1S/C15H21Cl2NO3/c1-10(2)9-21-4-3-18-15(20)8-14(19)11-5-12(16)7-13(17)6-11/h5-7,10,14,19H,3-4,8-9H2,1-2H3,(H,18,20). The Morgan fingerprint density at radius 1 is 1.29 bits per heavy atom. The average molecular weight is 334 g/mol. The molecule has 21 heavy (non-hydrogen) atoms. The number of ether oxygens (including phenoxy) is 1. The highest BCUT2D eigenvalue weighted by Crippen LogP contribution is 2.25. The smallest absolute Gasteiger partial charge is 0.223 e. The molecule has 0 bridgehead atoms. The predicted octanol–water partition coefficient (Wildman–Crippen LogP) is 3.21. The SMILES string of the molecule is CC(C)COCCNC(=O)CC(O)c1cc(Cl)cc(Cl)c1. The molecule has 118 valence electrons. The van der Waals surface area contributed by atoms with Gasteiger partial charge < -0.3 is 15.2 Å². The molecule has 0 aromatic heterocycles. The van der Waals surface area contributed by atoms with Crippen LogP contribution in [0, 0.1) is 5.92 Å². The average Bonchev–Trinajstić information content (AvgIpc) is 2.36. The van der Waals surface area contributed by atoms with Gasteiger partial charge in [-0.15, -0.1) is 0 Å². The number of halogens is 2. The van der Waals surface area contributed by atoms with Gasteiger partial charge in [-0.25, -0.2) is 0 Å². The minimum Gasteiger partial charge on any atom is -0.388 e. The Hall–Kier alpha value is -0.810. The van der Waals surface area contributed by atoms with Crippen molar-refractivity contribution >= 4 is 29.1 Å². The van der Waals surface area contributed by atoms with E-state index in [1.165, 1.54) is 0 Å². The van der Waals surface area contributed by atoms with Crippen molar-refractivity contribution in [1.82, 2.24) is 5.32 Å². The Kier molecular flexibility index (Phi) is 8.04. The third kappa shape index (κ3) is 7.67. The summed E-state index contributed by atoms with van der Waals surface area (Å²) in [4.78, 5) is 11.7. The van der Waals surface area contributed by atoms with Crippen molar-refractivity contribution in [2.45, 2.75) is 26.4 Å². The van der Waals surface area contributed by atoms with Crippen LogP contribution in [0.5, 0.6) is 0 Å². The highest BCUT2D eigenvalue weighted by atomic mass is 35.5. The summed E-state index contributed by atoms with van der Waals surface area (Å²) in [6.07, 6.45) is -0.973. The van der Waals surface area contributed by atoms with E-state index >= 15 is 0 Å². The Labute approximate surface area is 135 Å². The molecule has 0 radical (unpaired) electrons. The third-order valence-electron chi connectivity index (χ3n) is 2.67. The number of aliphatic hydroxyl groups excluding tert-OH is 1. The number of hydrogen-bond acceptors (Lipinski definition) is 3. The topological polar surface area (TPSA) is 58.6 Å². The summed E-state index contributed by atoms with van der Waals surface area (Å²) in [5, 5.41) is 13.6. The summed E-state index contributed by atoms with van der Waals surface area (Å²) in [6.45, 7) is 5.67. The molecule has 4 nitrogen and oxygen atoms in total. The van der Waals surface area contributed by atoms with Crippen LogP contribution in [0.15, 0.2) is 18.2 Å². The van der Waals surface area contributed by atoms with Crippen LogP contribution < -0.4 is 5.32 Å². The van der Waals surface area contributed by atoms with Crippen molar-refractivity contribution in [2.24, 2.45) is 5.92 Å². The van der Waals surface area contributed by atoms with Gasteiger partial charge in [-0.3, -0.25) is 4.79 Å². The molecular weight excluding hydrogens is 313 g/mol. The van der Waals surface area contributed by atoms with E-state index in [4.69, 9.17) is 27.9 Å². The quantitative estimate of drug-likeness (QED) is 0.718. The monoisotopic (exact) mass is 333 g/mol. The van der Waals surface area contributed by atoms with Crippen molar-refractivity contribution in [3.63, 3.8) is 0 Å². The van der Waals surface area contributed by atoms with Gasteiger partial charge in [0, 0.05) is 23.2 Å². The summed E-state index contributed by atoms with van der Waals surface area (Å²) in [5.74, 6) is 0.224. The van der Waals surface area contributed by atoms with E-state index in [0.717, 1.165) is 0 Å². The maximum absolute atomic E-state index is 11.7. The fourth-order valence-corrected chi connectivity index (χ4v) is 2.26. The zero-order valence-electron chi connectivity index (χ0n) is 12.2. The molecule has 1 rings (SSSR count). The van der Waals surface area contributed by atoms with Crippen molar-refractivity contribution in [3.05, 3.63) is 33.8 Å². The van der Waals surface area contributed by atoms with Crippen LogP contribution in [0.2, 0.25) is 10.0 Å². The number of aliphatic hydroxyl groups is 1. The van der Waals surface area contributed by atoms with Crippen molar-refractivity contribution in [3.8, 4) is 0 Å². The van der Waals surface area contributed by atoms with E-state index < -0.39 is 6.10 Å². The zero-order valence-corrected chi connectivity index (χ0v) is 13.7. The Balaban J connectivity index is 2.33. The van der Waals surface area contributed by atoms with Crippen LogP contribution in [0.25, 0.3) is 0 Å². The molecule has 1 unspecified atom stereocenters. The van der Waals surface area contributed by atoms with Crippen LogP contribution in [0.1, 0.15) is 31.9 Å². The van der Waals surface area contributed by atoms with Crippen molar-refractivity contribution < 1.29 is 14.6 Å². The maximum atomic E-state index is 11.7. The molecule has 0 fully saturated rings. The molecule has 1 aromatic carbocycles. The van der Waals surface area contributed by atoms with Crippen molar-refractivity contribution in [1.29, 1.82) is 0 Å². The van der Waals surface area contributed by atoms with Crippen LogP contribution >= 0.6 is 23.2 Å². The summed E-state index contributed by atoms with van der Waals surface area (Å²) in [6, 6.07) is 4.76. The number of carbonyl (C=O) groups is 1. The van der Waals surface area contributed by atoms with Gasteiger partial charge >= 0.3 is 0 Å². The first-order chi connectivity index (χ1) is 9.88. The van der Waals surface area contributed by atoms with E-state index in [9.17, 15) is 9.90 Å². The minimum atomic E-state index is -0.933. The van der Waals surface area contributed by atoms with Gasteiger partial charge in [-0.2, -0.15) is 0 Å². The van der Waals surface area contributed by atoms with Crippen LogP contribution in [0.4, 0.5) is 0 Å². The van der Waals surface area contributed by atoms with Gasteiger partial charge in [-0.05, 0) is 29.7 Å². The lowest BCUT2D eigenvalue weighted by molar-refractivity contribution is -0.123. The molecule has 0 spiro atoms. The second kappa shape index (κ2) is 9.26. The Morgan fingerprint density at radius 2 is 1.90 bits per heavy atom. The third-order valence-corrected chi connectivity index (χ3v) is 3.10. The number of amides is 1. The molecule has 0 aliphatic heterocycles. The number of carbonyl (C=O) groups excluding carboxylic acids is 1. The molecule has 0 aliphatic rings. The molecule has 0 saturated heterocycles. The Morgan fingerprint density at radius 3 is 2.48 bits per heavy atom. The van der Waals surface area contributed by atoms with E-state index in [0.29, 0.717) is 41.3 Å². The Bertz CT molecular complexity index is 446. The van der Waals surface area contributed by atoms with Gasteiger partial charge in [0.1, 0.15) is 0 Å². The molecule has 2 N–H and O–H groups in total.